The number of carbonyl (C=O) groups is 1. The molecule has 1 N–H and O–H groups in total. The van der Waals surface area contributed by atoms with Crippen molar-refractivity contribution in [3.05, 3.63) is 71.8 Å². The van der Waals surface area contributed by atoms with E-state index in [4.69, 9.17) is 0 Å². The first-order chi connectivity index (χ1) is 12.3. The minimum atomic E-state index is -4.04. The number of aryl methyl sites for hydroxylation is 2. The summed E-state index contributed by atoms with van der Waals surface area (Å²) in [5.74, 6) is -1.14. The third-order valence-corrected chi connectivity index (χ3v) is 5.33. The first-order valence-electron chi connectivity index (χ1n) is 7.70. The number of carbonyl (C=O) groups excluding carboxylic acids is 1. The molecule has 1 heterocycles. The second-order valence-corrected chi connectivity index (χ2v) is 7.39. The number of benzene rings is 2. The number of sulfonamides is 1. The lowest BCUT2D eigenvalue weighted by molar-refractivity contribution is 0.0977. The number of nitrogens with zero attached hydrogens (tertiary/aromatic N) is 2. The van der Waals surface area contributed by atoms with Crippen molar-refractivity contribution in [3.63, 3.8) is 0 Å². The molecule has 0 bridgehead atoms. The summed E-state index contributed by atoms with van der Waals surface area (Å²) in [5, 5.41) is 0. The zero-order valence-corrected chi connectivity index (χ0v) is 14.9. The van der Waals surface area contributed by atoms with Crippen LogP contribution in [0.3, 0.4) is 0 Å². The maximum absolute atomic E-state index is 14.0. The second kappa shape index (κ2) is 6.72. The van der Waals surface area contributed by atoms with Gasteiger partial charge in [-0.1, -0.05) is 30.3 Å². The van der Waals surface area contributed by atoms with Gasteiger partial charge in [0, 0.05) is 13.2 Å². The number of aromatic nitrogens is 2. The van der Waals surface area contributed by atoms with Crippen molar-refractivity contribution in [1.82, 2.24) is 14.3 Å². The van der Waals surface area contributed by atoms with Crippen molar-refractivity contribution in [2.75, 3.05) is 0 Å². The van der Waals surface area contributed by atoms with Gasteiger partial charge in [0.05, 0.1) is 10.5 Å². The van der Waals surface area contributed by atoms with Crippen molar-refractivity contribution >= 4 is 15.9 Å². The molecule has 3 aromatic rings. The van der Waals surface area contributed by atoms with Crippen LogP contribution in [0.1, 0.15) is 16.1 Å². The van der Waals surface area contributed by atoms with Gasteiger partial charge in [0.15, 0.2) is 0 Å². The molecule has 1 amide bonds. The Bertz CT molecular complexity index is 1090. The van der Waals surface area contributed by atoms with Crippen LogP contribution >= 0.6 is 0 Å². The molecule has 1 aromatic heterocycles. The fourth-order valence-corrected chi connectivity index (χ4v) is 3.76. The van der Waals surface area contributed by atoms with E-state index in [-0.39, 0.29) is 22.0 Å². The summed E-state index contributed by atoms with van der Waals surface area (Å²) in [6, 6.07) is 12.3. The molecule has 0 unspecified atom stereocenters. The van der Waals surface area contributed by atoms with Crippen molar-refractivity contribution in [1.29, 1.82) is 0 Å². The Morgan fingerprint density at radius 1 is 1.12 bits per heavy atom. The summed E-state index contributed by atoms with van der Waals surface area (Å²) in [7, 11) is -2.44. The minimum Gasteiger partial charge on any atom is -0.333 e. The van der Waals surface area contributed by atoms with Crippen LogP contribution < -0.4 is 4.72 Å². The molecule has 0 fully saturated rings. The summed E-state index contributed by atoms with van der Waals surface area (Å²) >= 11 is 0. The average molecular weight is 373 g/mol. The van der Waals surface area contributed by atoms with E-state index < -0.39 is 21.7 Å². The summed E-state index contributed by atoms with van der Waals surface area (Å²) < 4.78 is 42.3. The number of rotatable bonds is 4. The van der Waals surface area contributed by atoms with Gasteiger partial charge in [-0.15, -0.1) is 0 Å². The van der Waals surface area contributed by atoms with Gasteiger partial charge in [-0.05, 0) is 30.7 Å². The van der Waals surface area contributed by atoms with E-state index in [2.05, 4.69) is 4.98 Å². The molecule has 0 radical (unpaired) electrons. The molecule has 0 spiro atoms. The van der Waals surface area contributed by atoms with Crippen LogP contribution in [0.2, 0.25) is 0 Å². The lowest BCUT2D eigenvalue weighted by Crippen LogP contribution is -2.31. The van der Waals surface area contributed by atoms with Crippen molar-refractivity contribution in [2.45, 2.75) is 11.8 Å². The van der Waals surface area contributed by atoms with Crippen LogP contribution in [-0.4, -0.2) is 23.9 Å². The van der Waals surface area contributed by atoms with Gasteiger partial charge in [0.1, 0.15) is 17.3 Å². The average Bonchev–Trinajstić information content (AvgIpc) is 2.97. The number of hydrogen-bond donors (Lipinski definition) is 1. The minimum absolute atomic E-state index is 0.0126. The summed E-state index contributed by atoms with van der Waals surface area (Å²) in [4.78, 5) is 16.5. The van der Waals surface area contributed by atoms with E-state index in [1.54, 1.807) is 44.3 Å². The monoisotopic (exact) mass is 373 g/mol. The lowest BCUT2D eigenvalue weighted by atomic mass is 10.2. The highest BCUT2D eigenvalue weighted by atomic mass is 32.2. The molecule has 0 saturated heterocycles. The van der Waals surface area contributed by atoms with E-state index in [9.17, 15) is 17.6 Å². The van der Waals surface area contributed by atoms with Gasteiger partial charge in [-0.2, -0.15) is 0 Å². The highest BCUT2D eigenvalue weighted by molar-refractivity contribution is 7.90. The number of hydrogen-bond acceptors (Lipinski definition) is 4. The molecule has 0 saturated carbocycles. The zero-order valence-electron chi connectivity index (χ0n) is 14.1. The van der Waals surface area contributed by atoms with Gasteiger partial charge < -0.3 is 4.57 Å². The van der Waals surface area contributed by atoms with Crippen LogP contribution in [-0.2, 0) is 17.1 Å². The topological polar surface area (TPSA) is 81.1 Å². The molecule has 6 nitrogen and oxygen atoms in total. The molecule has 0 atom stereocenters. The van der Waals surface area contributed by atoms with Crippen LogP contribution in [0.5, 0.6) is 0 Å². The number of amides is 1. The Kier molecular flexibility index (Phi) is 4.60. The highest BCUT2D eigenvalue weighted by Gasteiger charge is 2.23. The largest absolute Gasteiger partial charge is 0.333 e. The quantitative estimate of drug-likeness (QED) is 0.762. The third-order valence-electron chi connectivity index (χ3n) is 3.83. The van der Waals surface area contributed by atoms with Gasteiger partial charge in [0.2, 0.25) is 0 Å². The van der Waals surface area contributed by atoms with E-state index in [1.165, 1.54) is 29.0 Å². The van der Waals surface area contributed by atoms with Crippen molar-refractivity contribution in [2.24, 2.45) is 7.05 Å². The standard InChI is InChI=1S/C18H16FN3O3S/c1-12-7-3-6-10-16(12)26(24,25)21-18(23)15-11-22(2)17(20-15)13-8-4-5-9-14(13)19/h3-11H,1-2H3,(H,21,23). The second-order valence-electron chi connectivity index (χ2n) is 5.74. The maximum atomic E-state index is 14.0. The van der Waals surface area contributed by atoms with Crippen LogP contribution in [0.25, 0.3) is 11.4 Å². The predicted octanol–water partition coefficient (Wildman–Crippen LogP) is 2.65. The molecule has 2 aromatic carbocycles. The van der Waals surface area contributed by atoms with E-state index in [0.29, 0.717) is 5.56 Å². The lowest BCUT2D eigenvalue weighted by Gasteiger charge is -2.07. The Balaban J connectivity index is 1.91. The maximum Gasteiger partial charge on any atom is 0.285 e. The highest BCUT2D eigenvalue weighted by Crippen LogP contribution is 2.21. The third kappa shape index (κ3) is 3.36. The first kappa shape index (κ1) is 17.8. The molecular weight excluding hydrogens is 357 g/mol. The van der Waals surface area contributed by atoms with E-state index in [1.807, 2.05) is 4.72 Å². The molecule has 0 aliphatic rings. The molecule has 3 rings (SSSR count). The van der Waals surface area contributed by atoms with E-state index in [0.717, 1.165) is 0 Å². The van der Waals surface area contributed by atoms with E-state index >= 15 is 0 Å². The van der Waals surface area contributed by atoms with Crippen LogP contribution in [0.15, 0.2) is 59.6 Å². The molecule has 134 valence electrons. The number of imidazole rings is 1. The Labute approximate surface area is 150 Å². The van der Waals surface area contributed by atoms with Crippen molar-refractivity contribution < 1.29 is 17.6 Å². The Hall–Kier alpha value is -3.00. The number of halogens is 1. The smallest absolute Gasteiger partial charge is 0.285 e. The summed E-state index contributed by atoms with van der Waals surface area (Å²) in [6.07, 6.45) is 1.35. The zero-order chi connectivity index (χ0) is 18.9. The summed E-state index contributed by atoms with van der Waals surface area (Å²) in [5.41, 5.74) is 0.611. The first-order valence-corrected chi connectivity index (χ1v) is 9.19. The number of nitrogens with one attached hydrogen (secondary N) is 1. The summed E-state index contributed by atoms with van der Waals surface area (Å²) in [6.45, 7) is 1.64. The van der Waals surface area contributed by atoms with Crippen molar-refractivity contribution in [3.8, 4) is 11.4 Å². The fraction of sp³-hybridized carbons (Fsp3) is 0.111. The molecular formula is C18H16FN3O3S. The van der Waals surface area contributed by atoms with Gasteiger partial charge in [0.25, 0.3) is 15.9 Å². The fourth-order valence-electron chi connectivity index (χ4n) is 2.56. The SMILES string of the molecule is Cc1ccccc1S(=O)(=O)NC(=O)c1cn(C)c(-c2ccccc2F)n1. The predicted molar refractivity (Wildman–Crippen MR) is 94.4 cm³/mol. The molecule has 8 heteroatoms. The van der Waals surface area contributed by atoms with Crippen LogP contribution in [0, 0.1) is 12.7 Å². The Morgan fingerprint density at radius 2 is 1.77 bits per heavy atom. The molecule has 26 heavy (non-hydrogen) atoms. The molecule has 0 aliphatic carbocycles. The molecule has 0 aliphatic heterocycles. The van der Waals surface area contributed by atoms with Gasteiger partial charge >= 0.3 is 0 Å². The van der Waals surface area contributed by atoms with Gasteiger partial charge in [-0.25, -0.2) is 22.5 Å². The normalized spacial score (nSPS) is 11.3. The van der Waals surface area contributed by atoms with Crippen LogP contribution in [0.4, 0.5) is 4.39 Å². The van der Waals surface area contributed by atoms with Gasteiger partial charge in [-0.3, -0.25) is 4.79 Å². The Morgan fingerprint density at radius 3 is 2.46 bits per heavy atom.